The summed E-state index contributed by atoms with van der Waals surface area (Å²) in [6.45, 7) is 2.29. The standard InChI is InChI=1S/C16H16N2O3/c1-10(12-4-2-11(8-17)3-5-12)18-9-13-6-7-14(19)16(21)15(13)20/h2-7,10,18-21H,9H2,1H3. The van der Waals surface area contributed by atoms with Crippen LogP contribution in [0.2, 0.25) is 0 Å². The zero-order chi connectivity index (χ0) is 15.4. The fourth-order valence-electron chi connectivity index (χ4n) is 1.98. The minimum Gasteiger partial charge on any atom is -0.504 e. The van der Waals surface area contributed by atoms with Crippen LogP contribution in [0.15, 0.2) is 36.4 Å². The largest absolute Gasteiger partial charge is 0.504 e. The van der Waals surface area contributed by atoms with Gasteiger partial charge >= 0.3 is 0 Å². The normalized spacial score (nSPS) is 11.8. The maximum absolute atomic E-state index is 9.74. The van der Waals surface area contributed by atoms with Crippen molar-refractivity contribution in [1.82, 2.24) is 5.32 Å². The SMILES string of the molecule is CC(NCc1ccc(O)c(O)c1O)c1ccc(C#N)cc1. The quantitative estimate of drug-likeness (QED) is 0.647. The van der Waals surface area contributed by atoms with Crippen molar-refractivity contribution in [3.63, 3.8) is 0 Å². The number of phenols is 3. The molecule has 21 heavy (non-hydrogen) atoms. The van der Waals surface area contributed by atoms with E-state index in [1.807, 2.05) is 19.1 Å². The minimum atomic E-state index is -0.514. The summed E-state index contributed by atoms with van der Waals surface area (Å²) in [6, 6.07) is 12.2. The third kappa shape index (κ3) is 3.25. The van der Waals surface area contributed by atoms with Crippen LogP contribution in [-0.4, -0.2) is 15.3 Å². The predicted molar refractivity (Wildman–Crippen MR) is 77.8 cm³/mol. The van der Waals surface area contributed by atoms with Crippen LogP contribution in [0, 0.1) is 11.3 Å². The fourth-order valence-corrected chi connectivity index (χ4v) is 1.98. The lowest BCUT2D eigenvalue weighted by molar-refractivity contribution is 0.363. The van der Waals surface area contributed by atoms with Crippen LogP contribution in [0.25, 0.3) is 0 Å². The third-order valence-corrected chi connectivity index (χ3v) is 3.35. The second kappa shape index (κ2) is 6.16. The van der Waals surface area contributed by atoms with Crippen LogP contribution in [0.5, 0.6) is 17.2 Å². The number of hydrogen-bond donors (Lipinski definition) is 4. The molecule has 0 aromatic heterocycles. The molecule has 0 aliphatic heterocycles. The minimum absolute atomic E-state index is 0.00749. The number of hydrogen-bond acceptors (Lipinski definition) is 5. The molecule has 0 radical (unpaired) electrons. The molecule has 2 aromatic rings. The van der Waals surface area contributed by atoms with Gasteiger partial charge in [0, 0.05) is 18.2 Å². The molecule has 2 rings (SSSR count). The highest BCUT2D eigenvalue weighted by molar-refractivity contribution is 5.53. The first-order valence-corrected chi connectivity index (χ1v) is 6.49. The molecule has 5 nitrogen and oxygen atoms in total. The van der Waals surface area contributed by atoms with E-state index < -0.39 is 5.75 Å². The van der Waals surface area contributed by atoms with Gasteiger partial charge in [-0.25, -0.2) is 0 Å². The van der Waals surface area contributed by atoms with E-state index in [1.165, 1.54) is 6.07 Å². The van der Waals surface area contributed by atoms with Crippen LogP contribution in [0.4, 0.5) is 0 Å². The molecule has 0 saturated heterocycles. The Balaban J connectivity index is 2.05. The Hall–Kier alpha value is -2.71. The Morgan fingerprint density at radius 2 is 1.71 bits per heavy atom. The van der Waals surface area contributed by atoms with Crippen molar-refractivity contribution in [1.29, 1.82) is 5.26 Å². The molecule has 0 bridgehead atoms. The molecule has 4 N–H and O–H groups in total. The van der Waals surface area contributed by atoms with E-state index >= 15 is 0 Å². The maximum Gasteiger partial charge on any atom is 0.200 e. The summed E-state index contributed by atoms with van der Waals surface area (Å²) in [5.74, 6) is -1.19. The van der Waals surface area contributed by atoms with E-state index in [4.69, 9.17) is 5.26 Å². The molecule has 5 heteroatoms. The number of aromatic hydroxyl groups is 3. The maximum atomic E-state index is 9.74. The van der Waals surface area contributed by atoms with E-state index in [1.54, 1.807) is 18.2 Å². The summed E-state index contributed by atoms with van der Waals surface area (Å²) in [6.07, 6.45) is 0. The highest BCUT2D eigenvalue weighted by Gasteiger charge is 2.12. The zero-order valence-electron chi connectivity index (χ0n) is 11.5. The number of benzene rings is 2. The van der Waals surface area contributed by atoms with Gasteiger partial charge in [0.15, 0.2) is 11.5 Å². The molecular formula is C16H16N2O3. The van der Waals surface area contributed by atoms with Crippen LogP contribution in [0.1, 0.15) is 29.7 Å². The van der Waals surface area contributed by atoms with Gasteiger partial charge in [-0.1, -0.05) is 18.2 Å². The van der Waals surface area contributed by atoms with Crippen molar-refractivity contribution in [3.8, 4) is 23.3 Å². The van der Waals surface area contributed by atoms with Crippen molar-refractivity contribution < 1.29 is 15.3 Å². The van der Waals surface area contributed by atoms with Gasteiger partial charge < -0.3 is 20.6 Å². The van der Waals surface area contributed by atoms with Gasteiger partial charge in [-0.05, 0) is 30.7 Å². The Bertz CT molecular complexity index is 675. The van der Waals surface area contributed by atoms with Gasteiger partial charge in [0.05, 0.1) is 11.6 Å². The molecule has 2 aromatic carbocycles. The average Bonchev–Trinajstić information content (AvgIpc) is 2.52. The summed E-state index contributed by atoms with van der Waals surface area (Å²) in [7, 11) is 0. The predicted octanol–water partition coefficient (Wildman–Crippen LogP) is 2.53. The van der Waals surface area contributed by atoms with Gasteiger partial charge in [-0.2, -0.15) is 5.26 Å². The molecule has 0 heterocycles. The third-order valence-electron chi connectivity index (χ3n) is 3.35. The first kappa shape index (κ1) is 14.7. The number of nitrogens with one attached hydrogen (secondary N) is 1. The summed E-state index contributed by atoms with van der Waals surface area (Å²) >= 11 is 0. The van der Waals surface area contributed by atoms with E-state index in [9.17, 15) is 15.3 Å². The van der Waals surface area contributed by atoms with Crippen molar-refractivity contribution in [2.45, 2.75) is 19.5 Å². The molecular weight excluding hydrogens is 268 g/mol. The molecule has 1 unspecified atom stereocenters. The van der Waals surface area contributed by atoms with E-state index in [-0.39, 0.29) is 17.5 Å². The van der Waals surface area contributed by atoms with Gasteiger partial charge in [0.2, 0.25) is 5.75 Å². The molecule has 0 fully saturated rings. The first-order chi connectivity index (χ1) is 10.0. The highest BCUT2D eigenvalue weighted by Crippen LogP contribution is 2.37. The van der Waals surface area contributed by atoms with E-state index in [2.05, 4.69) is 11.4 Å². The van der Waals surface area contributed by atoms with Gasteiger partial charge in [-0.3, -0.25) is 0 Å². The lowest BCUT2D eigenvalue weighted by Gasteiger charge is -2.15. The van der Waals surface area contributed by atoms with Crippen molar-refractivity contribution >= 4 is 0 Å². The second-order valence-electron chi connectivity index (χ2n) is 4.78. The summed E-state index contributed by atoms with van der Waals surface area (Å²) < 4.78 is 0. The molecule has 0 amide bonds. The van der Waals surface area contributed by atoms with Gasteiger partial charge in [0.25, 0.3) is 0 Å². The molecule has 1 atom stereocenters. The van der Waals surface area contributed by atoms with Crippen molar-refractivity contribution in [3.05, 3.63) is 53.1 Å². The van der Waals surface area contributed by atoms with Crippen LogP contribution in [0.3, 0.4) is 0 Å². The monoisotopic (exact) mass is 284 g/mol. The number of phenolic OH excluding ortho intramolecular Hbond substituents is 3. The Labute approximate surface area is 122 Å². The number of nitrogens with zero attached hydrogens (tertiary/aromatic N) is 1. The smallest absolute Gasteiger partial charge is 0.200 e. The second-order valence-corrected chi connectivity index (χ2v) is 4.78. The molecule has 0 spiro atoms. The Kier molecular flexibility index (Phi) is 4.31. The van der Waals surface area contributed by atoms with Crippen molar-refractivity contribution in [2.24, 2.45) is 0 Å². The summed E-state index contributed by atoms with van der Waals surface area (Å²) in [5, 5.41) is 40.5. The van der Waals surface area contributed by atoms with Crippen LogP contribution >= 0.6 is 0 Å². The Morgan fingerprint density at radius 1 is 1.05 bits per heavy atom. The summed E-state index contributed by atoms with van der Waals surface area (Å²) in [5.41, 5.74) is 2.11. The van der Waals surface area contributed by atoms with Crippen LogP contribution < -0.4 is 5.32 Å². The van der Waals surface area contributed by atoms with E-state index in [0.29, 0.717) is 17.7 Å². The molecule has 0 aliphatic carbocycles. The fraction of sp³-hybridized carbons (Fsp3) is 0.188. The Morgan fingerprint density at radius 3 is 2.33 bits per heavy atom. The molecule has 0 saturated carbocycles. The number of nitriles is 1. The lowest BCUT2D eigenvalue weighted by atomic mass is 10.1. The average molecular weight is 284 g/mol. The highest BCUT2D eigenvalue weighted by atomic mass is 16.3. The summed E-state index contributed by atoms with van der Waals surface area (Å²) in [4.78, 5) is 0. The lowest BCUT2D eigenvalue weighted by Crippen LogP contribution is -2.18. The van der Waals surface area contributed by atoms with Crippen molar-refractivity contribution in [2.75, 3.05) is 0 Å². The molecule has 0 aliphatic rings. The topological polar surface area (TPSA) is 96.5 Å². The van der Waals surface area contributed by atoms with E-state index in [0.717, 1.165) is 5.56 Å². The number of rotatable bonds is 4. The molecule has 108 valence electrons. The van der Waals surface area contributed by atoms with Gasteiger partial charge in [0.1, 0.15) is 0 Å². The zero-order valence-corrected chi connectivity index (χ0v) is 11.5. The first-order valence-electron chi connectivity index (χ1n) is 6.49. The van der Waals surface area contributed by atoms with Gasteiger partial charge in [-0.15, -0.1) is 0 Å². The van der Waals surface area contributed by atoms with Crippen LogP contribution in [-0.2, 0) is 6.54 Å².